The summed E-state index contributed by atoms with van der Waals surface area (Å²) >= 11 is 0. The molecule has 2 heteroatoms. The molecule has 1 aliphatic heterocycles. The molecule has 1 aliphatic rings. The van der Waals surface area contributed by atoms with Gasteiger partial charge in [0.1, 0.15) is 0 Å². The maximum Gasteiger partial charge on any atom is 0.0602 e. The van der Waals surface area contributed by atoms with Crippen molar-refractivity contribution in [1.29, 1.82) is 0 Å². The smallest absolute Gasteiger partial charge is 0.0602 e. The van der Waals surface area contributed by atoms with Crippen LogP contribution in [0, 0.1) is 5.92 Å². The number of nitrogens with zero attached hydrogens (tertiary/aromatic N) is 1. The van der Waals surface area contributed by atoms with Crippen LogP contribution in [0.25, 0.3) is 0 Å². The Kier molecular flexibility index (Phi) is 4.91. The number of hydrogen-bond acceptors (Lipinski definition) is 2. The van der Waals surface area contributed by atoms with E-state index in [-0.39, 0.29) is 0 Å². The number of nitrogens with one attached hydrogen (secondary N) is 1. The van der Waals surface area contributed by atoms with E-state index in [2.05, 4.69) is 48.3 Å². The van der Waals surface area contributed by atoms with Gasteiger partial charge in [0.2, 0.25) is 0 Å². The van der Waals surface area contributed by atoms with Crippen LogP contribution in [0.2, 0.25) is 0 Å². The summed E-state index contributed by atoms with van der Waals surface area (Å²) in [6, 6.07) is 8.75. The van der Waals surface area contributed by atoms with Gasteiger partial charge in [-0.3, -0.25) is 0 Å². The van der Waals surface area contributed by atoms with E-state index in [0.717, 1.165) is 12.5 Å². The summed E-state index contributed by atoms with van der Waals surface area (Å²) in [6.45, 7) is 8.08. The van der Waals surface area contributed by atoms with Gasteiger partial charge in [-0.1, -0.05) is 32.4 Å². The lowest BCUT2D eigenvalue weighted by Gasteiger charge is -2.33. The summed E-state index contributed by atoms with van der Waals surface area (Å²) in [4.78, 5) is 2.54. The van der Waals surface area contributed by atoms with Crippen LogP contribution in [0.1, 0.15) is 39.5 Å². The van der Waals surface area contributed by atoms with Gasteiger partial charge in [0, 0.05) is 19.6 Å². The minimum absolute atomic E-state index is 0.890. The molecule has 1 fully saturated rings. The van der Waals surface area contributed by atoms with Gasteiger partial charge in [0.15, 0.2) is 0 Å². The third-order valence-electron chi connectivity index (χ3n) is 3.87. The van der Waals surface area contributed by atoms with Crippen molar-refractivity contribution >= 4 is 11.4 Å². The average molecular weight is 246 g/mol. The maximum absolute atomic E-state index is 3.58. The maximum atomic E-state index is 3.58. The van der Waals surface area contributed by atoms with Crippen molar-refractivity contribution in [3.05, 3.63) is 24.3 Å². The number of unbranched alkanes of at least 4 members (excludes halogenated alkanes) is 1. The van der Waals surface area contributed by atoms with Gasteiger partial charge in [0.25, 0.3) is 0 Å². The highest BCUT2D eigenvalue weighted by molar-refractivity contribution is 5.70. The lowest BCUT2D eigenvalue weighted by atomic mass is 9.98. The molecule has 100 valence electrons. The topological polar surface area (TPSA) is 15.3 Å². The number of para-hydroxylation sites is 2. The van der Waals surface area contributed by atoms with Gasteiger partial charge >= 0.3 is 0 Å². The van der Waals surface area contributed by atoms with E-state index < -0.39 is 0 Å². The van der Waals surface area contributed by atoms with Crippen molar-refractivity contribution in [1.82, 2.24) is 0 Å². The Labute approximate surface area is 111 Å². The third-order valence-corrected chi connectivity index (χ3v) is 3.87. The first-order chi connectivity index (χ1) is 8.81. The highest BCUT2D eigenvalue weighted by Gasteiger charge is 2.17. The molecule has 1 N–H and O–H groups in total. The van der Waals surface area contributed by atoms with Gasteiger partial charge in [-0.2, -0.15) is 0 Å². The summed E-state index contributed by atoms with van der Waals surface area (Å²) < 4.78 is 0. The van der Waals surface area contributed by atoms with Crippen molar-refractivity contribution in [2.45, 2.75) is 39.5 Å². The van der Waals surface area contributed by atoms with Gasteiger partial charge in [-0.15, -0.1) is 0 Å². The molecule has 0 bridgehead atoms. The Morgan fingerprint density at radius 1 is 1.22 bits per heavy atom. The molecule has 2 rings (SSSR count). The molecule has 1 heterocycles. The molecule has 0 aromatic heterocycles. The van der Waals surface area contributed by atoms with E-state index in [4.69, 9.17) is 0 Å². The van der Waals surface area contributed by atoms with E-state index in [1.54, 1.807) is 0 Å². The van der Waals surface area contributed by atoms with Crippen molar-refractivity contribution < 1.29 is 0 Å². The molecule has 1 aromatic rings. The zero-order chi connectivity index (χ0) is 12.8. The first-order valence-electron chi connectivity index (χ1n) is 7.39. The van der Waals surface area contributed by atoms with Gasteiger partial charge in [0.05, 0.1) is 11.4 Å². The summed E-state index contributed by atoms with van der Waals surface area (Å²) in [5.74, 6) is 0.890. The Balaban J connectivity index is 2.02. The molecule has 0 spiro atoms. The van der Waals surface area contributed by atoms with E-state index >= 15 is 0 Å². The lowest BCUT2D eigenvalue weighted by molar-refractivity contribution is 0.438. The fraction of sp³-hybridized carbons (Fsp3) is 0.625. The fourth-order valence-electron chi connectivity index (χ4n) is 2.55. The predicted molar refractivity (Wildman–Crippen MR) is 80.5 cm³/mol. The second-order valence-electron chi connectivity index (χ2n) is 5.47. The molecular formula is C16H26N2. The van der Waals surface area contributed by atoms with Crippen LogP contribution in [-0.4, -0.2) is 19.6 Å². The first-order valence-corrected chi connectivity index (χ1v) is 7.39. The molecule has 2 nitrogen and oxygen atoms in total. The minimum atomic E-state index is 0.890. The number of anilines is 2. The lowest BCUT2D eigenvalue weighted by Crippen LogP contribution is -2.33. The van der Waals surface area contributed by atoms with Crippen LogP contribution in [0.4, 0.5) is 11.4 Å². The summed E-state index contributed by atoms with van der Waals surface area (Å²) in [7, 11) is 0. The van der Waals surface area contributed by atoms with E-state index in [0.29, 0.717) is 0 Å². The fourth-order valence-corrected chi connectivity index (χ4v) is 2.55. The number of hydrogen-bond donors (Lipinski definition) is 1. The van der Waals surface area contributed by atoms with Gasteiger partial charge in [-0.25, -0.2) is 0 Å². The van der Waals surface area contributed by atoms with Crippen LogP contribution in [0.15, 0.2) is 24.3 Å². The molecule has 1 saturated heterocycles. The molecule has 0 unspecified atom stereocenters. The molecule has 0 saturated carbocycles. The normalized spacial score (nSPS) is 16.9. The summed E-state index contributed by atoms with van der Waals surface area (Å²) in [5, 5.41) is 3.58. The number of piperidine rings is 1. The van der Waals surface area contributed by atoms with Crippen LogP contribution in [0.3, 0.4) is 0 Å². The SMILES string of the molecule is CCCCNc1ccccc1N1CCC(C)CC1. The van der Waals surface area contributed by atoms with Gasteiger partial charge in [-0.05, 0) is 37.3 Å². The van der Waals surface area contributed by atoms with Gasteiger partial charge < -0.3 is 10.2 Å². The van der Waals surface area contributed by atoms with Crippen LogP contribution in [0.5, 0.6) is 0 Å². The summed E-state index contributed by atoms with van der Waals surface area (Å²) in [6.07, 6.45) is 5.13. The Morgan fingerprint density at radius 3 is 2.67 bits per heavy atom. The number of benzene rings is 1. The van der Waals surface area contributed by atoms with E-state index in [9.17, 15) is 0 Å². The Morgan fingerprint density at radius 2 is 1.94 bits per heavy atom. The van der Waals surface area contributed by atoms with Crippen molar-refractivity contribution in [2.75, 3.05) is 29.9 Å². The second kappa shape index (κ2) is 6.67. The average Bonchev–Trinajstić information content (AvgIpc) is 2.41. The van der Waals surface area contributed by atoms with Crippen molar-refractivity contribution in [3.63, 3.8) is 0 Å². The molecule has 18 heavy (non-hydrogen) atoms. The predicted octanol–water partition coefficient (Wildman–Crippen LogP) is 4.13. The first kappa shape index (κ1) is 13.3. The monoisotopic (exact) mass is 246 g/mol. The quantitative estimate of drug-likeness (QED) is 0.786. The van der Waals surface area contributed by atoms with Crippen LogP contribution >= 0.6 is 0 Å². The molecular weight excluding hydrogens is 220 g/mol. The molecule has 0 amide bonds. The minimum Gasteiger partial charge on any atom is -0.383 e. The van der Waals surface area contributed by atoms with Crippen molar-refractivity contribution in [3.8, 4) is 0 Å². The van der Waals surface area contributed by atoms with Crippen LogP contribution in [-0.2, 0) is 0 Å². The van der Waals surface area contributed by atoms with E-state index in [1.807, 2.05) is 0 Å². The molecule has 0 atom stereocenters. The standard InChI is InChI=1S/C16H26N2/c1-3-4-11-17-15-7-5-6-8-16(15)18-12-9-14(2)10-13-18/h5-8,14,17H,3-4,9-13H2,1-2H3. The largest absolute Gasteiger partial charge is 0.383 e. The zero-order valence-corrected chi connectivity index (χ0v) is 11.8. The molecule has 0 aliphatic carbocycles. The van der Waals surface area contributed by atoms with Crippen LogP contribution < -0.4 is 10.2 Å². The van der Waals surface area contributed by atoms with E-state index in [1.165, 1.54) is 50.1 Å². The summed E-state index contributed by atoms with van der Waals surface area (Å²) in [5.41, 5.74) is 2.70. The highest BCUT2D eigenvalue weighted by atomic mass is 15.1. The number of rotatable bonds is 5. The van der Waals surface area contributed by atoms with Crippen molar-refractivity contribution in [2.24, 2.45) is 5.92 Å². The second-order valence-corrected chi connectivity index (χ2v) is 5.47. The molecule has 0 radical (unpaired) electrons. The Hall–Kier alpha value is -1.18. The third kappa shape index (κ3) is 3.41. The highest BCUT2D eigenvalue weighted by Crippen LogP contribution is 2.29. The Bertz CT molecular complexity index is 354. The molecule has 1 aromatic carbocycles. The zero-order valence-electron chi connectivity index (χ0n) is 11.8.